The van der Waals surface area contributed by atoms with Crippen LogP contribution in [0.4, 0.5) is 8.78 Å². The SMILES string of the molecule is Cc1nccn1CCN(CCBr)CC(F)F. The fourth-order valence-electron chi connectivity index (χ4n) is 1.50. The van der Waals surface area contributed by atoms with E-state index in [1.807, 2.05) is 17.7 Å². The van der Waals surface area contributed by atoms with E-state index in [-0.39, 0.29) is 6.54 Å². The Hall–Kier alpha value is -0.490. The van der Waals surface area contributed by atoms with E-state index in [0.717, 1.165) is 5.82 Å². The van der Waals surface area contributed by atoms with Crippen LogP contribution in [0.5, 0.6) is 0 Å². The molecule has 0 radical (unpaired) electrons. The number of aromatic nitrogens is 2. The van der Waals surface area contributed by atoms with E-state index in [9.17, 15) is 8.78 Å². The van der Waals surface area contributed by atoms with Crippen molar-refractivity contribution in [3.63, 3.8) is 0 Å². The Balaban J connectivity index is 2.40. The molecular weight excluding hydrogens is 280 g/mol. The number of nitrogens with zero attached hydrogens (tertiary/aromatic N) is 3. The van der Waals surface area contributed by atoms with Gasteiger partial charge in [0.05, 0.1) is 6.54 Å². The van der Waals surface area contributed by atoms with E-state index >= 15 is 0 Å². The zero-order valence-electron chi connectivity index (χ0n) is 9.24. The highest BCUT2D eigenvalue weighted by Gasteiger charge is 2.11. The quantitative estimate of drug-likeness (QED) is 0.719. The number of rotatable bonds is 7. The second-order valence-corrected chi connectivity index (χ2v) is 4.34. The van der Waals surface area contributed by atoms with Gasteiger partial charge in [0.15, 0.2) is 0 Å². The molecular formula is C10H16BrF2N3. The van der Waals surface area contributed by atoms with Crippen LogP contribution < -0.4 is 0 Å². The molecule has 0 aliphatic carbocycles. The molecule has 0 N–H and O–H groups in total. The third kappa shape index (κ3) is 4.57. The molecule has 92 valence electrons. The molecule has 0 saturated carbocycles. The lowest BCUT2D eigenvalue weighted by atomic mass is 10.4. The molecule has 1 heterocycles. The fraction of sp³-hybridized carbons (Fsp3) is 0.700. The highest BCUT2D eigenvalue weighted by Crippen LogP contribution is 2.02. The summed E-state index contributed by atoms with van der Waals surface area (Å²) in [6, 6.07) is 0. The van der Waals surface area contributed by atoms with E-state index in [0.29, 0.717) is 25.0 Å². The third-order valence-electron chi connectivity index (χ3n) is 2.38. The topological polar surface area (TPSA) is 21.1 Å². The number of hydrogen-bond donors (Lipinski definition) is 0. The van der Waals surface area contributed by atoms with Crippen LogP contribution in [-0.2, 0) is 6.54 Å². The van der Waals surface area contributed by atoms with Crippen molar-refractivity contribution in [2.45, 2.75) is 19.9 Å². The zero-order chi connectivity index (χ0) is 12.0. The van der Waals surface area contributed by atoms with Crippen molar-refractivity contribution in [2.75, 3.05) is 25.0 Å². The second-order valence-electron chi connectivity index (χ2n) is 3.55. The first-order chi connectivity index (χ1) is 7.63. The maximum atomic E-state index is 12.3. The molecule has 0 atom stereocenters. The summed E-state index contributed by atoms with van der Waals surface area (Å²) in [6.07, 6.45) is 1.31. The van der Waals surface area contributed by atoms with Gasteiger partial charge in [0, 0.05) is 37.4 Å². The molecule has 0 amide bonds. The van der Waals surface area contributed by atoms with Crippen LogP contribution in [0.25, 0.3) is 0 Å². The zero-order valence-corrected chi connectivity index (χ0v) is 10.8. The summed E-state index contributed by atoms with van der Waals surface area (Å²) in [5.74, 6) is 0.913. The second kappa shape index (κ2) is 6.96. The minimum absolute atomic E-state index is 0.167. The normalized spacial score (nSPS) is 11.6. The predicted molar refractivity (Wildman–Crippen MR) is 63.2 cm³/mol. The van der Waals surface area contributed by atoms with Crippen LogP contribution in [0.1, 0.15) is 5.82 Å². The van der Waals surface area contributed by atoms with E-state index in [2.05, 4.69) is 20.9 Å². The first-order valence-corrected chi connectivity index (χ1v) is 6.30. The van der Waals surface area contributed by atoms with Gasteiger partial charge in [0.25, 0.3) is 6.43 Å². The van der Waals surface area contributed by atoms with Crippen molar-refractivity contribution >= 4 is 15.9 Å². The fourth-order valence-corrected chi connectivity index (χ4v) is 2.00. The Labute approximate surface area is 103 Å². The Morgan fingerprint density at radius 2 is 2.25 bits per heavy atom. The van der Waals surface area contributed by atoms with Crippen molar-refractivity contribution in [3.8, 4) is 0 Å². The van der Waals surface area contributed by atoms with Gasteiger partial charge in [0.1, 0.15) is 5.82 Å². The molecule has 3 nitrogen and oxygen atoms in total. The monoisotopic (exact) mass is 295 g/mol. The molecule has 0 spiro atoms. The van der Waals surface area contributed by atoms with Gasteiger partial charge in [0.2, 0.25) is 0 Å². The molecule has 0 bridgehead atoms. The van der Waals surface area contributed by atoms with Gasteiger partial charge in [-0.2, -0.15) is 0 Å². The van der Waals surface area contributed by atoms with Gasteiger partial charge in [-0.15, -0.1) is 0 Å². The summed E-state index contributed by atoms with van der Waals surface area (Å²) >= 11 is 3.27. The maximum absolute atomic E-state index is 12.3. The molecule has 6 heteroatoms. The van der Waals surface area contributed by atoms with Crippen molar-refractivity contribution < 1.29 is 8.78 Å². The van der Waals surface area contributed by atoms with Gasteiger partial charge in [-0.05, 0) is 6.92 Å². The number of aryl methyl sites for hydroxylation is 1. The highest BCUT2D eigenvalue weighted by molar-refractivity contribution is 9.09. The molecule has 1 aromatic rings. The molecule has 0 saturated heterocycles. The summed E-state index contributed by atoms with van der Waals surface area (Å²) in [4.78, 5) is 5.84. The lowest BCUT2D eigenvalue weighted by molar-refractivity contribution is 0.0896. The van der Waals surface area contributed by atoms with Crippen molar-refractivity contribution in [1.82, 2.24) is 14.5 Å². The lowest BCUT2D eigenvalue weighted by Crippen LogP contribution is -2.33. The van der Waals surface area contributed by atoms with Crippen molar-refractivity contribution in [2.24, 2.45) is 0 Å². The average molecular weight is 296 g/mol. The number of imidazole rings is 1. The van der Waals surface area contributed by atoms with Crippen molar-refractivity contribution in [1.29, 1.82) is 0 Å². The van der Waals surface area contributed by atoms with Crippen LogP contribution >= 0.6 is 15.9 Å². The Morgan fingerprint density at radius 3 is 2.75 bits per heavy atom. The van der Waals surface area contributed by atoms with Gasteiger partial charge < -0.3 is 4.57 Å². The van der Waals surface area contributed by atoms with Gasteiger partial charge >= 0.3 is 0 Å². The van der Waals surface area contributed by atoms with E-state index in [1.165, 1.54) is 0 Å². The number of halogens is 3. The standard InChI is InChI=1S/C10H16BrF2N3/c1-9-14-3-5-16(9)7-6-15(4-2-11)8-10(12)13/h3,5,10H,2,4,6-8H2,1H3. The minimum Gasteiger partial charge on any atom is -0.334 e. The molecule has 0 aliphatic rings. The first-order valence-electron chi connectivity index (χ1n) is 5.17. The average Bonchev–Trinajstić information content (AvgIpc) is 2.60. The summed E-state index contributed by atoms with van der Waals surface area (Å²) in [6.45, 7) is 3.69. The smallest absolute Gasteiger partial charge is 0.251 e. The largest absolute Gasteiger partial charge is 0.334 e. The summed E-state index contributed by atoms with van der Waals surface area (Å²) < 4.78 is 26.5. The Kier molecular flexibility index (Phi) is 5.90. The summed E-state index contributed by atoms with van der Waals surface area (Å²) in [5, 5.41) is 0.711. The third-order valence-corrected chi connectivity index (χ3v) is 2.73. The van der Waals surface area contributed by atoms with E-state index in [4.69, 9.17) is 0 Å². The molecule has 0 aromatic carbocycles. The number of alkyl halides is 3. The van der Waals surface area contributed by atoms with Crippen LogP contribution in [0.15, 0.2) is 12.4 Å². The Bertz CT molecular complexity index is 304. The summed E-state index contributed by atoms with van der Waals surface area (Å²) in [5.41, 5.74) is 0. The molecule has 16 heavy (non-hydrogen) atoms. The summed E-state index contributed by atoms with van der Waals surface area (Å²) in [7, 11) is 0. The van der Waals surface area contributed by atoms with Crippen LogP contribution in [0.2, 0.25) is 0 Å². The lowest BCUT2D eigenvalue weighted by Gasteiger charge is -2.21. The van der Waals surface area contributed by atoms with Gasteiger partial charge in [-0.3, -0.25) is 4.90 Å². The van der Waals surface area contributed by atoms with E-state index in [1.54, 1.807) is 11.1 Å². The van der Waals surface area contributed by atoms with Gasteiger partial charge in [-0.25, -0.2) is 13.8 Å². The van der Waals surface area contributed by atoms with Gasteiger partial charge in [-0.1, -0.05) is 15.9 Å². The number of hydrogen-bond acceptors (Lipinski definition) is 2. The van der Waals surface area contributed by atoms with Crippen LogP contribution in [0.3, 0.4) is 0 Å². The Morgan fingerprint density at radius 1 is 1.50 bits per heavy atom. The van der Waals surface area contributed by atoms with Crippen LogP contribution in [0, 0.1) is 6.92 Å². The molecule has 0 aliphatic heterocycles. The molecule has 1 rings (SSSR count). The highest BCUT2D eigenvalue weighted by atomic mass is 79.9. The first kappa shape index (κ1) is 13.6. The molecule has 0 fully saturated rings. The predicted octanol–water partition coefficient (Wildman–Crippen LogP) is 2.15. The van der Waals surface area contributed by atoms with Crippen LogP contribution in [-0.4, -0.2) is 45.8 Å². The maximum Gasteiger partial charge on any atom is 0.251 e. The molecule has 1 aromatic heterocycles. The van der Waals surface area contributed by atoms with E-state index < -0.39 is 6.43 Å². The molecule has 0 unspecified atom stereocenters. The van der Waals surface area contributed by atoms with Crippen molar-refractivity contribution in [3.05, 3.63) is 18.2 Å². The minimum atomic E-state index is -2.28.